The first kappa shape index (κ1) is 24.4. The molecule has 4 nitrogen and oxygen atoms in total. The molecule has 0 aliphatic heterocycles. The summed E-state index contributed by atoms with van der Waals surface area (Å²) in [6.07, 6.45) is 1.20. The Labute approximate surface area is 186 Å². The van der Waals surface area contributed by atoms with Crippen molar-refractivity contribution < 1.29 is 19.0 Å². The largest absolute Gasteiger partial charge is 0.461 e. The van der Waals surface area contributed by atoms with Gasteiger partial charge in [-0.05, 0) is 30.0 Å². The molecule has 0 heterocycles. The minimum absolute atomic E-state index is 0.188. The Hall–Kier alpha value is -2.87. The summed E-state index contributed by atoms with van der Waals surface area (Å²) in [5.41, 5.74) is 2.66. The van der Waals surface area contributed by atoms with E-state index in [1.54, 1.807) is 0 Å². The highest BCUT2D eigenvalue weighted by molar-refractivity contribution is 5.66. The fourth-order valence-corrected chi connectivity index (χ4v) is 3.29. The molecule has 0 fully saturated rings. The van der Waals surface area contributed by atoms with Crippen molar-refractivity contribution in [1.82, 2.24) is 0 Å². The number of carbonyl (C=O) groups is 1. The van der Waals surface area contributed by atoms with Gasteiger partial charge in [0.1, 0.15) is 6.61 Å². The predicted molar refractivity (Wildman–Crippen MR) is 123 cm³/mol. The highest BCUT2D eigenvalue weighted by Crippen LogP contribution is 2.32. The highest BCUT2D eigenvalue weighted by atomic mass is 16.5. The average molecular weight is 421 g/mol. The minimum Gasteiger partial charge on any atom is -0.461 e. The molecule has 0 unspecified atom stereocenters. The first-order valence-electron chi connectivity index (χ1n) is 10.5. The smallest absolute Gasteiger partial charge is 0.302 e. The Morgan fingerprint density at radius 1 is 0.935 bits per heavy atom. The molecule has 164 valence electrons. The summed E-state index contributed by atoms with van der Waals surface area (Å²) in [5.74, 6) is 5.87. The van der Waals surface area contributed by atoms with Crippen LogP contribution in [0.25, 0.3) is 0 Å². The van der Waals surface area contributed by atoms with E-state index in [1.165, 1.54) is 6.92 Å². The predicted octanol–water partition coefficient (Wildman–Crippen LogP) is 5.33. The fraction of sp³-hybridized carbons (Fsp3) is 0.370. The molecule has 0 aliphatic carbocycles. The van der Waals surface area contributed by atoms with Crippen molar-refractivity contribution in [2.24, 2.45) is 5.41 Å². The molecule has 0 N–H and O–H groups in total. The van der Waals surface area contributed by atoms with Gasteiger partial charge in [-0.2, -0.15) is 0 Å². The fourth-order valence-electron chi connectivity index (χ4n) is 3.29. The van der Waals surface area contributed by atoms with Gasteiger partial charge in [-0.1, -0.05) is 67.2 Å². The number of hydrogen-bond acceptors (Lipinski definition) is 4. The van der Waals surface area contributed by atoms with Crippen molar-refractivity contribution in [1.29, 1.82) is 0 Å². The van der Waals surface area contributed by atoms with E-state index in [9.17, 15) is 4.79 Å². The zero-order valence-corrected chi connectivity index (χ0v) is 18.6. The SMILES string of the molecule is C=C(COC(C)=O)CC(CC#CC)(COCc1ccccc1)COCc1ccccc1. The van der Waals surface area contributed by atoms with Crippen LogP contribution in [0.1, 0.15) is 37.8 Å². The second kappa shape index (κ2) is 13.4. The van der Waals surface area contributed by atoms with Crippen molar-refractivity contribution in [2.45, 2.75) is 39.9 Å². The molecule has 0 bridgehead atoms. The van der Waals surface area contributed by atoms with E-state index in [0.717, 1.165) is 16.7 Å². The summed E-state index contributed by atoms with van der Waals surface area (Å²) in [6, 6.07) is 20.1. The molecule has 0 spiro atoms. The van der Waals surface area contributed by atoms with E-state index < -0.39 is 0 Å². The molecule has 0 saturated carbocycles. The van der Waals surface area contributed by atoms with Crippen LogP contribution >= 0.6 is 0 Å². The molecule has 0 saturated heterocycles. The van der Waals surface area contributed by atoms with Crippen molar-refractivity contribution in [3.8, 4) is 11.8 Å². The lowest BCUT2D eigenvalue weighted by molar-refractivity contribution is -0.140. The summed E-state index contributed by atoms with van der Waals surface area (Å²) in [6.45, 7) is 9.48. The molecule has 2 rings (SSSR count). The van der Waals surface area contributed by atoms with Crippen LogP contribution in [-0.4, -0.2) is 25.8 Å². The van der Waals surface area contributed by atoms with E-state index >= 15 is 0 Å². The third-order valence-corrected chi connectivity index (χ3v) is 4.78. The number of hydrogen-bond donors (Lipinski definition) is 0. The summed E-state index contributed by atoms with van der Waals surface area (Å²) >= 11 is 0. The summed E-state index contributed by atoms with van der Waals surface area (Å²) < 4.78 is 17.4. The van der Waals surface area contributed by atoms with Crippen LogP contribution in [0.4, 0.5) is 0 Å². The molecule has 2 aromatic carbocycles. The molecule has 4 heteroatoms. The molecular formula is C27H32O4. The van der Waals surface area contributed by atoms with E-state index in [2.05, 4.69) is 18.4 Å². The Morgan fingerprint density at radius 3 is 1.90 bits per heavy atom. The zero-order chi connectivity index (χ0) is 22.4. The Kier molecular flexibility index (Phi) is 10.6. The maximum absolute atomic E-state index is 11.2. The molecule has 31 heavy (non-hydrogen) atoms. The minimum atomic E-state index is -0.385. The van der Waals surface area contributed by atoms with E-state index in [0.29, 0.717) is 39.3 Å². The van der Waals surface area contributed by atoms with Gasteiger partial charge in [0.2, 0.25) is 0 Å². The van der Waals surface area contributed by atoms with Crippen LogP contribution in [0, 0.1) is 17.3 Å². The van der Waals surface area contributed by atoms with Gasteiger partial charge >= 0.3 is 5.97 Å². The number of rotatable bonds is 13. The first-order valence-corrected chi connectivity index (χ1v) is 10.5. The van der Waals surface area contributed by atoms with Crippen molar-refractivity contribution in [3.63, 3.8) is 0 Å². The van der Waals surface area contributed by atoms with Crippen LogP contribution in [0.3, 0.4) is 0 Å². The standard InChI is InChI=1S/C27H32O4/c1-4-5-16-27(17-23(2)18-31-24(3)28,21-29-19-25-12-8-6-9-13-25)22-30-20-26-14-10-7-11-15-26/h6-15H,2,16-22H2,1,3H3. The number of carbonyl (C=O) groups excluding carboxylic acids is 1. The molecule has 0 aliphatic rings. The normalized spacial score (nSPS) is 10.8. The second-order valence-electron chi connectivity index (χ2n) is 7.77. The van der Waals surface area contributed by atoms with Crippen LogP contribution in [-0.2, 0) is 32.2 Å². The second-order valence-corrected chi connectivity index (χ2v) is 7.77. The lowest BCUT2D eigenvalue weighted by Crippen LogP contribution is -2.33. The van der Waals surface area contributed by atoms with Gasteiger partial charge in [0, 0.05) is 18.8 Å². The quantitative estimate of drug-likeness (QED) is 0.250. The van der Waals surface area contributed by atoms with Gasteiger partial charge in [-0.25, -0.2) is 0 Å². The molecule has 2 aromatic rings. The lowest BCUT2D eigenvalue weighted by atomic mass is 9.80. The van der Waals surface area contributed by atoms with Gasteiger partial charge in [0.25, 0.3) is 0 Å². The Balaban J connectivity index is 2.08. The first-order chi connectivity index (χ1) is 15.0. The summed E-state index contributed by atoms with van der Waals surface area (Å²) in [5, 5.41) is 0. The zero-order valence-electron chi connectivity index (χ0n) is 18.6. The Bertz CT molecular complexity index is 817. The van der Waals surface area contributed by atoms with Crippen LogP contribution in [0.5, 0.6) is 0 Å². The van der Waals surface area contributed by atoms with Crippen LogP contribution in [0.15, 0.2) is 72.8 Å². The molecule has 0 amide bonds. The Morgan fingerprint density at radius 2 is 1.45 bits per heavy atom. The van der Waals surface area contributed by atoms with E-state index in [1.807, 2.05) is 67.6 Å². The van der Waals surface area contributed by atoms with E-state index in [-0.39, 0.29) is 18.0 Å². The van der Waals surface area contributed by atoms with Crippen LogP contribution in [0.2, 0.25) is 0 Å². The molecular weight excluding hydrogens is 388 g/mol. The average Bonchev–Trinajstić information content (AvgIpc) is 2.78. The topological polar surface area (TPSA) is 44.8 Å². The lowest BCUT2D eigenvalue weighted by Gasteiger charge is -2.32. The van der Waals surface area contributed by atoms with Gasteiger partial charge in [0.15, 0.2) is 0 Å². The van der Waals surface area contributed by atoms with Crippen molar-refractivity contribution >= 4 is 5.97 Å². The van der Waals surface area contributed by atoms with Gasteiger partial charge in [-0.3, -0.25) is 4.79 Å². The van der Waals surface area contributed by atoms with Crippen LogP contribution < -0.4 is 0 Å². The van der Waals surface area contributed by atoms with Gasteiger partial charge in [-0.15, -0.1) is 11.8 Å². The maximum Gasteiger partial charge on any atom is 0.302 e. The van der Waals surface area contributed by atoms with Crippen molar-refractivity contribution in [2.75, 3.05) is 19.8 Å². The number of benzene rings is 2. The molecule has 0 aromatic heterocycles. The number of esters is 1. The van der Waals surface area contributed by atoms with E-state index in [4.69, 9.17) is 14.2 Å². The van der Waals surface area contributed by atoms with Crippen molar-refractivity contribution in [3.05, 3.63) is 83.9 Å². The van der Waals surface area contributed by atoms with Gasteiger partial charge < -0.3 is 14.2 Å². The summed E-state index contributed by atoms with van der Waals surface area (Å²) in [4.78, 5) is 11.2. The highest BCUT2D eigenvalue weighted by Gasteiger charge is 2.31. The third kappa shape index (κ3) is 9.65. The van der Waals surface area contributed by atoms with Gasteiger partial charge in [0.05, 0.1) is 26.4 Å². The molecule has 0 atom stereocenters. The molecule has 0 radical (unpaired) electrons. The number of ether oxygens (including phenoxy) is 3. The summed E-state index contributed by atoms with van der Waals surface area (Å²) in [7, 11) is 0. The third-order valence-electron chi connectivity index (χ3n) is 4.78. The monoisotopic (exact) mass is 420 g/mol. The maximum atomic E-state index is 11.2.